The number of aromatic nitrogens is 2. The predicted molar refractivity (Wildman–Crippen MR) is 145 cm³/mol. The van der Waals surface area contributed by atoms with E-state index < -0.39 is 0 Å². The van der Waals surface area contributed by atoms with Gasteiger partial charge in [0.2, 0.25) is 5.91 Å². The Labute approximate surface area is 217 Å². The number of carbonyl (C=O) groups is 1. The highest BCUT2D eigenvalue weighted by atomic mass is 16.5. The molecule has 0 bridgehead atoms. The molecule has 0 saturated carbocycles. The standard InChI is InChI=1S/C30H32N4O3/c1-20-29(21(2)34(32-20)24-13-9-6-10-14-24)31-28(35)19-33-16-15-23-17-26(36-3)27(37-4)18-25(23)30(33)22-11-7-5-8-12-22/h5-14,17-18,30H,15-16,19H2,1-4H3,(H,31,35)/t30-/m0/s1. The van der Waals surface area contributed by atoms with E-state index in [2.05, 4.69) is 33.5 Å². The Balaban J connectivity index is 1.43. The van der Waals surface area contributed by atoms with Gasteiger partial charge in [-0.25, -0.2) is 4.68 Å². The lowest BCUT2D eigenvalue weighted by atomic mass is 9.87. The highest BCUT2D eigenvalue weighted by molar-refractivity contribution is 5.93. The second-order valence-corrected chi connectivity index (χ2v) is 9.28. The minimum Gasteiger partial charge on any atom is -0.493 e. The van der Waals surface area contributed by atoms with Crippen LogP contribution in [-0.4, -0.2) is 47.9 Å². The lowest BCUT2D eigenvalue weighted by Crippen LogP contribution is -2.41. The van der Waals surface area contributed by atoms with Crippen LogP contribution in [0.1, 0.15) is 34.1 Å². The molecule has 1 aliphatic rings. The van der Waals surface area contributed by atoms with Crippen LogP contribution in [0.25, 0.3) is 5.69 Å². The third-order valence-corrected chi connectivity index (χ3v) is 6.99. The number of aryl methyl sites for hydroxylation is 1. The van der Waals surface area contributed by atoms with E-state index in [0.29, 0.717) is 5.75 Å². The summed E-state index contributed by atoms with van der Waals surface area (Å²) in [7, 11) is 3.30. The van der Waals surface area contributed by atoms with Crippen molar-refractivity contribution in [3.8, 4) is 17.2 Å². The Bertz CT molecular complexity index is 1400. The number of carbonyl (C=O) groups excluding carboxylic acids is 1. The normalized spacial score (nSPS) is 15.2. The first-order valence-electron chi connectivity index (χ1n) is 12.5. The molecule has 7 nitrogen and oxygen atoms in total. The van der Waals surface area contributed by atoms with Crippen LogP contribution in [0.4, 0.5) is 5.69 Å². The van der Waals surface area contributed by atoms with Gasteiger partial charge in [-0.15, -0.1) is 0 Å². The Morgan fingerprint density at radius 1 is 0.973 bits per heavy atom. The van der Waals surface area contributed by atoms with Gasteiger partial charge in [0.25, 0.3) is 0 Å². The van der Waals surface area contributed by atoms with Crippen molar-refractivity contribution in [3.05, 3.63) is 101 Å². The Morgan fingerprint density at radius 2 is 1.62 bits per heavy atom. The number of nitrogens with zero attached hydrogens (tertiary/aromatic N) is 3. The number of fused-ring (bicyclic) bond motifs is 1. The van der Waals surface area contributed by atoms with E-state index >= 15 is 0 Å². The zero-order valence-corrected chi connectivity index (χ0v) is 21.7. The number of para-hydroxylation sites is 1. The second kappa shape index (κ2) is 10.5. The fourth-order valence-corrected chi connectivity index (χ4v) is 5.20. The maximum Gasteiger partial charge on any atom is 0.238 e. The molecule has 1 aliphatic heterocycles. The van der Waals surface area contributed by atoms with E-state index in [9.17, 15) is 4.79 Å². The molecule has 4 aromatic rings. The van der Waals surface area contributed by atoms with E-state index in [1.807, 2.05) is 73.1 Å². The monoisotopic (exact) mass is 496 g/mol. The molecular formula is C30H32N4O3. The molecule has 0 radical (unpaired) electrons. The molecule has 0 unspecified atom stereocenters. The maximum absolute atomic E-state index is 13.4. The molecule has 1 N–H and O–H groups in total. The zero-order chi connectivity index (χ0) is 25.9. The molecule has 37 heavy (non-hydrogen) atoms. The number of benzene rings is 3. The van der Waals surface area contributed by atoms with Gasteiger partial charge in [-0.2, -0.15) is 5.10 Å². The van der Waals surface area contributed by atoms with Crippen molar-refractivity contribution < 1.29 is 14.3 Å². The molecule has 2 heterocycles. The molecule has 0 spiro atoms. The van der Waals surface area contributed by atoms with Crippen LogP contribution < -0.4 is 14.8 Å². The summed E-state index contributed by atoms with van der Waals surface area (Å²) in [6.45, 7) is 4.90. The summed E-state index contributed by atoms with van der Waals surface area (Å²) in [4.78, 5) is 15.6. The number of anilines is 1. The molecular weight excluding hydrogens is 464 g/mol. The van der Waals surface area contributed by atoms with Crippen LogP contribution in [0.2, 0.25) is 0 Å². The van der Waals surface area contributed by atoms with Gasteiger partial charge in [0.05, 0.1) is 49.6 Å². The van der Waals surface area contributed by atoms with Gasteiger partial charge in [0.15, 0.2) is 11.5 Å². The highest BCUT2D eigenvalue weighted by Gasteiger charge is 2.32. The van der Waals surface area contributed by atoms with Crippen molar-refractivity contribution in [2.24, 2.45) is 0 Å². The summed E-state index contributed by atoms with van der Waals surface area (Å²) >= 11 is 0. The quantitative estimate of drug-likeness (QED) is 0.386. The largest absolute Gasteiger partial charge is 0.493 e. The Morgan fingerprint density at radius 3 is 2.30 bits per heavy atom. The Kier molecular flexibility index (Phi) is 6.97. The van der Waals surface area contributed by atoms with Gasteiger partial charge in [0, 0.05) is 6.54 Å². The van der Waals surface area contributed by atoms with Gasteiger partial charge >= 0.3 is 0 Å². The lowest BCUT2D eigenvalue weighted by molar-refractivity contribution is -0.117. The third-order valence-electron chi connectivity index (χ3n) is 6.99. The molecule has 5 rings (SSSR count). The van der Waals surface area contributed by atoms with Crippen molar-refractivity contribution >= 4 is 11.6 Å². The molecule has 0 fully saturated rings. The lowest BCUT2D eigenvalue weighted by Gasteiger charge is -2.37. The van der Waals surface area contributed by atoms with Crippen molar-refractivity contribution in [3.63, 3.8) is 0 Å². The fourth-order valence-electron chi connectivity index (χ4n) is 5.20. The first-order valence-corrected chi connectivity index (χ1v) is 12.5. The third kappa shape index (κ3) is 4.82. The number of hydrogen-bond donors (Lipinski definition) is 1. The van der Waals surface area contributed by atoms with Gasteiger partial charge in [-0.05, 0) is 61.2 Å². The molecule has 0 aliphatic carbocycles. The van der Waals surface area contributed by atoms with Crippen LogP contribution in [-0.2, 0) is 11.2 Å². The van der Waals surface area contributed by atoms with Crippen molar-refractivity contribution in [1.82, 2.24) is 14.7 Å². The predicted octanol–water partition coefficient (Wildman–Crippen LogP) is 5.09. The number of nitrogens with one attached hydrogen (secondary N) is 1. The first kappa shape index (κ1) is 24.6. The molecule has 1 aromatic heterocycles. The SMILES string of the molecule is COc1cc2c(cc1OC)[C@H](c1ccccc1)N(CC(=O)Nc1c(C)nn(-c3ccccc3)c1C)CC2. The van der Waals surface area contributed by atoms with Crippen molar-refractivity contribution in [1.29, 1.82) is 0 Å². The van der Waals surface area contributed by atoms with Crippen LogP contribution >= 0.6 is 0 Å². The van der Waals surface area contributed by atoms with E-state index in [-0.39, 0.29) is 18.5 Å². The average Bonchev–Trinajstić information content (AvgIpc) is 3.21. The van der Waals surface area contributed by atoms with Crippen molar-refractivity contribution in [2.45, 2.75) is 26.3 Å². The molecule has 190 valence electrons. The first-order chi connectivity index (χ1) is 18.0. The average molecular weight is 497 g/mol. The van der Waals surface area contributed by atoms with Crippen LogP contribution in [0.15, 0.2) is 72.8 Å². The van der Waals surface area contributed by atoms with Crippen LogP contribution in [0.5, 0.6) is 11.5 Å². The van der Waals surface area contributed by atoms with E-state index in [1.165, 1.54) is 5.56 Å². The smallest absolute Gasteiger partial charge is 0.238 e. The van der Waals surface area contributed by atoms with E-state index in [1.54, 1.807) is 14.2 Å². The molecule has 1 amide bonds. The highest BCUT2D eigenvalue weighted by Crippen LogP contribution is 2.41. The number of ether oxygens (including phenoxy) is 2. The van der Waals surface area contributed by atoms with Crippen molar-refractivity contribution in [2.75, 3.05) is 32.6 Å². The number of rotatable bonds is 7. The zero-order valence-electron chi connectivity index (χ0n) is 21.7. The number of hydrogen-bond acceptors (Lipinski definition) is 5. The minimum absolute atomic E-state index is 0.0660. The summed E-state index contributed by atoms with van der Waals surface area (Å²) in [6, 6.07) is 24.3. The van der Waals surface area contributed by atoms with Gasteiger partial charge in [-0.3, -0.25) is 9.69 Å². The maximum atomic E-state index is 13.4. The molecule has 3 aromatic carbocycles. The molecule has 7 heteroatoms. The summed E-state index contributed by atoms with van der Waals surface area (Å²) in [5.41, 5.74) is 6.88. The summed E-state index contributed by atoms with van der Waals surface area (Å²) in [5.74, 6) is 1.34. The van der Waals surface area contributed by atoms with E-state index in [4.69, 9.17) is 9.47 Å². The second-order valence-electron chi connectivity index (χ2n) is 9.28. The number of amides is 1. The minimum atomic E-state index is -0.0789. The van der Waals surface area contributed by atoms with Gasteiger partial charge < -0.3 is 14.8 Å². The number of methoxy groups -OCH3 is 2. The van der Waals surface area contributed by atoms with Crippen LogP contribution in [0, 0.1) is 13.8 Å². The summed E-state index contributed by atoms with van der Waals surface area (Å²) in [6.07, 6.45) is 0.816. The molecule has 1 atom stereocenters. The van der Waals surface area contributed by atoms with Gasteiger partial charge in [0.1, 0.15) is 0 Å². The van der Waals surface area contributed by atoms with Gasteiger partial charge in [-0.1, -0.05) is 48.5 Å². The molecule has 0 saturated heterocycles. The fraction of sp³-hybridized carbons (Fsp3) is 0.267. The Hall–Kier alpha value is -4.10. The van der Waals surface area contributed by atoms with Crippen LogP contribution in [0.3, 0.4) is 0 Å². The summed E-state index contributed by atoms with van der Waals surface area (Å²) < 4.78 is 13.0. The topological polar surface area (TPSA) is 68.6 Å². The summed E-state index contributed by atoms with van der Waals surface area (Å²) in [5, 5.41) is 7.81. The van der Waals surface area contributed by atoms with E-state index in [0.717, 1.165) is 52.6 Å².